The number of hydrogen-bond donors (Lipinski definition) is 0. The number of ketones is 1. The van der Waals surface area contributed by atoms with E-state index in [1.54, 1.807) is 13.1 Å². The monoisotopic (exact) mass is 348 g/mol. The third-order valence-corrected chi connectivity index (χ3v) is 4.38. The van der Waals surface area contributed by atoms with Crippen molar-refractivity contribution in [1.29, 1.82) is 0 Å². The van der Waals surface area contributed by atoms with Crippen LogP contribution in [0.3, 0.4) is 0 Å². The van der Waals surface area contributed by atoms with Gasteiger partial charge in [0.05, 0.1) is 0 Å². The van der Waals surface area contributed by atoms with Crippen molar-refractivity contribution >= 4 is 16.6 Å². The van der Waals surface area contributed by atoms with Crippen molar-refractivity contribution in [2.45, 2.75) is 39.5 Å². The Balaban J connectivity index is 2.25. The zero-order valence-electron chi connectivity index (χ0n) is 15.4. The largest absolute Gasteiger partial charge is 0.438 e. The van der Waals surface area contributed by atoms with Gasteiger partial charge in [0.1, 0.15) is 11.5 Å². The summed E-state index contributed by atoms with van der Waals surface area (Å²) < 4.78 is 6.28. The average Bonchev–Trinajstić information content (AvgIpc) is 2.67. The fourth-order valence-electron chi connectivity index (χ4n) is 2.99. The molecule has 0 saturated carbocycles. The van der Waals surface area contributed by atoms with E-state index < -0.39 is 0 Å². The summed E-state index contributed by atoms with van der Waals surface area (Å²) in [6, 6.07) is 11.9. The number of fused-ring (bicyclic) bond motifs is 1. The molecule has 0 aliphatic carbocycles. The van der Waals surface area contributed by atoms with Crippen LogP contribution in [0, 0.1) is 0 Å². The van der Waals surface area contributed by atoms with Crippen molar-refractivity contribution in [1.82, 2.24) is 4.98 Å². The highest BCUT2D eigenvalue weighted by atomic mass is 16.3. The molecular weight excluding hydrogens is 324 g/mol. The fourth-order valence-corrected chi connectivity index (χ4v) is 2.99. The lowest BCUT2D eigenvalue weighted by molar-refractivity contribution is -0.116. The number of Topliss-reactive ketones (excluding diaryl/α,β-unsaturated/α-hetero) is 1. The number of aromatic nitrogens is 1. The van der Waals surface area contributed by atoms with Gasteiger partial charge in [-0.05, 0) is 25.8 Å². The number of carbonyl (C=O) groups is 1. The highest BCUT2D eigenvalue weighted by Crippen LogP contribution is 2.29. The lowest BCUT2D eigenvalue weighted by Gasteiger charge is -2.12. The quantitative estimate of drug-likeness (QED) is 0.581. The second-order valence-corrected chi connectivity index (χ2v) is 6.44. The summed E-state index contributed by atoms with van der Waals surface area (Å²) >= 11 is 0. The zero-order chi connectivity index (χ0) is 18.4. The molecule has 4 nitrogen and oxygen atoms in total. The third kappa shape index (κ3) is 4.07. The number of nitrogens with zero attached hydrogens (tertiary/aromatic N) is 2. The van der Waals surface area contributed by atoms with E-state index in [9.17, 15) is 4.79 Å². The van der Waals surface area contributed by atoms with Crippen molar-refractivity contribution in [3.8, 4) is 11.3 Å². The average molecular weight is 348 g/mol. The van der Waals surface area contributed by atoms with E-state index in [-0.39, 0.29) is 5.78 Å². The molecule has 0 radical (unpaired) electrons. The maximum atomic E-state index is 11.6. The van der Waals surface area contributed by atoms with Gasteiger partial charge in [-0.2, -0.15) is 0 Å². The Kier molecular flexibility index (Phi) is 5.95. The summed E-state index contributed by atoms with van der Waals surface area (Å²) in [6.07, 6.45) is 6.82. The SMILES string of the molecule is CCCCN=c1oc(-c2ccccc2)c(CCC(C)=O)c2cnccc12. The van der Waals surface area contributed by atoms with E-state index in [0.717, 1.165) is 47.0 Å². The van der Waals surface area contributed by atoms with Gasteiger partial charge in [0.15, 0.2) is 0 Å². The van der Waals surface area contributed by atoms with Crippen molar-refractivity contribution in [2.75, 3.05) is 6.54 Å². The van der Waals surface area contributed by atoms with Crippen LogP contribution in [-0.2, 0) is 11.2 Å². The van der Waals surface area contributed by atoms with Gasteiger partial charge in [-0.15, -0.1) is 0 Å². The Bertz CT molecular complexity index is 959. The molecule has 0 bridgehead atoms. The Labute approximate surface area is 153 Å². The molecular formula is C22H24N2O2. The molecule has 0 aliphatic heterocycles. The van der Waals surface area contributed by atoms with Crippen LogP contribution in [-0.4, -0.2) is 17.3 Å². The molecule has 4 heteroatoms. The van der Waals surface area contributed by atoms with Crippen LogP contribution < -0.4 is 5.55 Å². The van der Waals surface area contributed by atoms with Crippen LogP contribution in [0.1, 0.15) is 38.7 Å². The van der Waals surface area contributed by atoms with Crippen molar-refractivity contribution in [2.24, 2.45) is 4.99 Å². The second kappa shape index (κ2) is 8.56. The normalized spacial score (nSPS) is 11.8. The predicted octanol–water partition coefficient (Wildman–Crippen LogP) is 4.72. The Morgan fingerprint density at radius 1 is 1.15 bits per heavy atom. The summed E-state index contributed by atoms with van der Waals surface area (Å²) in [5, 5.41) is 1.96. The number of carbonyl (C=O) groups excluding carboxylic acids is 1. The molecule has 2 heterocycles. The van der Waals surface area contributed by atoms with Crippen LogP contribution >= 0.6 is 0 Å². The number of unbranched alkanes of at least 4 members (excludes halogenated alkanes) is 1. The summed E-state index contributed by atoms with van der Waals surface area (Å²) in [5.74, 6) is 0.945. The summed E-state index contributed by atoms with van der Waals surface area (Å²) in [5.41, 5.74) is 2.65. The minimum Gasteiger partial charge on any atom is -0.438 e. The number of aryl methyl sites for hydroxylation is 1. The Morgan fingerprint density at radius 3 is 2.69 bits per heavy atom. The van der Waals surface area contributed by atoms with Crippen LogP contribution in [0.25, 0.3) is 22.1 Å². The maximum absolute atomic E-state index is 11.6. The molecule has 134 valence electrons. The topological polar surface area (TPSA) is 55.5 Å². The van der Waals surface area contributed by atoms with Gasteiger partial charge in [0.25, 0.3) is 0 Å². The first kappa shape index (κ1) is 18.1. The van der Waals surface area contributed by atoms with Gasteiger partial charge >= 0.3 is 0 Å². The smallest absolute Gasteiger partial charge is 0.222 e. The maximum Gasteiger partial charge on any atom is 0.222 e. The van der Waals surface area contributed by atoms with Gasteiger partial charge in [-0.1, -0.05) is 43.7 Å². The van der Waals surface area contributed by atoms with E-state index in [0.29, 0.717) is 18.4 Å². The Morgan fingerprint density at radius 2 is 1.96 bits per heavy atom. The molecule has 0 saturated heterocycles. The molecule has 0 N–H and O–H groups in total. The van der Waals surface area contributed by atoms with E-state index in [2.05, 4.69) is 16.9 Å². The molecule has 0 fully saturated rings. The first-order valence-electron chi connectivity index (χ1n) is 9.15. The highest BCUT2D eigenvalue weighted by molar-refractivity contribution is 5.88. The molecule has 3 aromatic rings. The number of pyridine rings is 1. The van der Waals surface area contributed by atoms with Gasteiger partial charge in [0, 0.05) is 47.3 Å². The second-order valence-electron chi connectivity index (χ2n) is 6.44. The minimum atomic E-state index is 0.165. The summed E-state index contributed by atoms with van der Waals surface area (Å²) in [7, 11) is 0. The lowest BCUT2D eigenvalue weighted by Crippen LogP contribution is -2.09. The Hall–Kier alpha value is -2.75. The zero-order valence-corrected chi connectivity index (χ0v) is 15.4. The van der Waals surface area contributed by atoms with Crippen LogP contribution in [0.15, 0.2) is 58.2 Å². The van der Waals surface area contributed by atoms with Crippen molar-refractivity contribution in [3.63, 3.8) is 0 Å². The molecule has 0 amide bonds. The van der Waals surface area contributed by atoms with E-state index in [4.69, 9.17) is 4.42 Å². The standard InChI is InChI=1S/C22H24N2O2/c1-3-4-13-24-22-19-12-14-23-15-20(19)18(11-10-16(2)25)21(26-22)17-8-6-5-7-9-17/h5-9,12,14-15H,3-4,10-11,13H2,1-2H3. The third-order valence-electron chi connectivity index (χ3n) is 4.38. The van der Waals surface area contributed by atoms with E-state index in [1.165, 1.54) is 0 Å². The predicted molar refractivity (Wildman–Crippen MR) is 104 cm³/mol. The molecule has 0 spiro atoms. The van der Waals surface area contributed by atoms with Crippen LogP contribution in [0.2, 0.25) is 0 Å². The molecule has 1 aromatic carbocycles. The minimum absolute atomic E-state index is 0.165. The summed E-state index contributed by atoms with van der Waals surface area (Å²) in [4.78, 5) is 20.6. The molecule has 0 unspecified atom stereocenters. The highest BCUT2D eigenvalue weighted by Gasteiger charge is 2.15. The molecule has 3 rings (SSSR count). The molecule has 26 heavy (non-hydrogen) atoms. The van der Waals surface area contributed by atoms with Crippen LogP contribution in [0.5, 0.6) is 0 Å². The summed E-state index contributed by atoms with van der Waals surface area (Å²) in [6.45, 7) is 4.50. The van der Waals surface area contributed by atoms with Gasteiger partial charge < -0.3 is 9.21 Å². The van der Waals surface area contributed by atoms with Crippen molar-refractivity contribution < 1.29 is 9.21 Å². The number of benzene rings is 1. The van der Waals surface area contributed by atoms with E-state index in [1.807, 2.05) is 42.6 Å². The fraction of sp³-hybridized carbons (Fsp3) is 0.318. The molecule has 0 atom stereocenters. The van der Waals surface area contributed by atoms with Crippen molar-refractivity contribution in [3.05, 3.63) is 59.9 Å². The van der Waals surface area contributed by atoms with Gasteiger partial charge in [-0.25, -0.2) is 0 Å². The first-order chi connectivity index (χ1) is 12.7. The van der Waals surface area contributed by atoms with Gasteiger partial charge in [-0.3, -0.25) is 9.98 Å². The first-order valence-corrected chi connectivity index (χ1v) is 9.15. The van der Waals surface area contributed by atoms with Gasteiger partial charge in [0.2, 0.25) is 5.55 Å². The number of rotatable bonds is 7. The number of hydrogen-bond acceptors (Lipinski definition) is 4. The molecule has 2 aromatic heterocycles. The van der Waals surface area contributed by atoms with E-state index >= 15 is 0 Å². The van der Waals surface area contributed by atoms with Crippen LogP contribution in [0.4, 0.5) is 0 Å². The lowest BCUT2D eigenvalue weighted by atomic mass is 9.98. The molecule has 0 aliphatic rings.